The summed E-state index contributed by atoms with van der Waals surface area (Å²) in [7, 11) is 1.79. The van der Waals surface area contributed by atoms with E-state index in [1.165, 1.54) is 6.07 Å². The van der Waals surface area contributed by atoms with Crippen LogP contribution in [0.3, 0.4) is 0 Å². The van der Waals surface area contributed by atoms with Gasteiger partial charge < -0.3 is 0 Å². The number of nitrogens with one attached hydrogen (secondary N) is 1. The van der Waals surface area contributed by atoms with E-state index in [0.717, 1.165) is 11.3 Å². The molecule has 0 spiro atoms. The lowest BCUT2D eigenvalue weighted by Crippen LogP contribution is -2.30. The number of hydrogen-bond donors (Lipinski definition) is 2. The molecule has 0 amide bonds. The largest absolute Gasteiger partial charge is 0.271 e. The normalized spacial score (nSPS) is 12.7. The van der Waals surface area contributed by atoms with Crippen molar-refractivity contribution in [3.8, 4) is 0 Å². The van der Waals surface area contributed by atoms with Crippen LogP contribution < -0.4 is 11.3 Å². The summed E-state index contributed by atoms with van der Waals surface area (Å²) in [5.74, 6) is 5.24. The lowest BCUT2D eigenvalue weighted by atomic mass is 10.0. The molecule has 2 aromatic rings. The topological polar surface area (TPSA) is 68.8 Å². The Morgan fingerprint density at radius 2 is 2.28 bits per heavy atom. The van der Waals surface area contributed by atoms with E-state index in [9.17, 15) is 4.39 Å². The van der Waals surface area contributed by atoms with Crippen LogP contribution in [0.5, 0.6) is 0 Å². The van der Waals surface area contributed by atoms with Gasteiger partial charge in [-0.3, -0.25) is 16.0 Å². The number of nitrogens with two attached hydrogens (primary N) is 1. The van der Waals surface area contributed by atoms with E-state index >= 15 is 0 Å². The summed E-state index contributed by atoms with van der Waals surface area (Å²) in [5, 5.41) is 7.82. The second-order valence-corrected chi connectivity index (χ2v) is 4.33. The molecule has 0 aliphatic rings. The Morgan fingerprint density at radius 3 is 2.89 bits per heavy atom. The molecule has 96 valence electrons. The molecule has 0 fully saturated rings. The van der Waals surface area contributed by atoms with Gasteiger partial charge in [0, 0.05) is 25.2 Å². The minimum absolute atomic E-state index is 0.271. The van der Waals surface area contributed by atoms with Crippen molar-refractivity contribution in [3.05, 3.63) is 47.0 Å². The van der Waals surface area contributed by atoms with Crippen LogP contribution in [-0.4, -0.2) is 15.0 Å². The van der Waals surface area contributed by atoms with E-state index in [0.29, 0.717) is 12.0 Å². The molecule has 1 aromatic carbocycles. The third-order valence-electron chi connectivity index (χ3n) is 2.79. The fraction of sp³-hybridized carbons (Fsp3) is 0.333. The molecule has 0 aliphatic heterocycles. The number of hydrazine groups is 1. The Labute approximate surface area is 105 Å². The fourth-order valence-corrected chi connectivity index (χ4v) is 1.89. The maximum atomic E-state index is 13.8. The molecule has 6 heteroatoms. The molecule has 3 N–H and O–H groups in total. The molecule has 2 rings (SSSR count). The molecule has 0 radical (unpaired) electrons. The average Bonchev–Trinajstić information content (AvgIpc) is 2.75. The Kier molecular flexibility index (Phi) is 3.69. The summed E-state index contributed by atoms with van der Waals surface area (Å²) >= 11 is 0. The van der Waals surface area contributed by atoms with Crippen LogP contribution in [0, 0.1) is 12.7 Å². The Balaban J connectivity index is 2.25. The van der Waals surface area contributed by atoms with Gasteiger partial charge in [-0.1, -0.05) is 22.9 Å². The first-order chi connectivity index (χ1) is 8.60. The number of halogens is 1. The highest BCUT2D eigenvalue weighted by Gasteiger charge is 2.16. The van der Waals surface area contributed by atoms with E-state index in [1.807, 2.05) is 6.92 Å². The van der Waals surface area contributed by atoms with Crippen LogP contribution in [0.15, 0.2) is 24.4 Å². The zero-order valence-electron chi connectivity index (χ0n) is 10.4. The smallest absolute Gasteiger partial charge is 0.128 e. The van der Waals surface area contributed by atoms with Crippen LogP contribution in [0.25, 0.3) is 0 Å². The number of nitrogens with zero attached hydrogens (tertiary/aromatic N) is 3. The average molecular weight is 249 g/mol. The monoisotopic (exact) mass is 249 g/mol. The Hall–Kier alpha value is -1.79. The minimum Gasteiger partial charge on any atom is -0.271 e. The lowest BCUT2D eigenvalue weighted by molar-refractivity contribution is 0.506. The molecular formula is C12H16FN5. The molecule has 18 heavy (non-hydrogen) atoms. The molecular weight excluding hydrogens is 233 g/mol. The molecule has 0 saturated carbocycles. The van der Waals surface area contributed by atoms with Crippen molar-refractivity contribution >= 4 is 0 Å². The molecule has 1 unspecified atom stereocenters. The maximum Gasteiger partial charge on any atom is 0.128 e. The van der Waals surface area contributed by atoms with Gasteiger partial charge in [-0.25, -0.2) is 4.39 Å². The SMILES string of the molecule is Cc1ccc(F)c(C(Cc2cn(C)nn2)NN)c1. The van der Waals surface area contributed by atoms with Crippen LogP contribution in [0.4, 0.5) is 4.39 Å². The molecule has 1 atom stereocenters. The predicted molar refractivity (Wildman–Crippen MR) is 65.9 cm³/mol. The lowest BCUT2D eigenvalue weighted by Gasteiger charge is -2.16. The number of benzene rings is 1. The highest BCUT2D eigenvalue weighted by atomic mass is 19.1. The van der Waals surface area contributed by atoms with E-state index < -0.39 is 0 Å². The van der Waals surface area contributed by atoms with Crippen LogP contribution >= 0.6 is 0 Å². The maximum absolute atomic E-state index is 13.8. The number of hydrogen-bond acceptors (Lipinski definition) is 4. The van der Waals surface area contributed by atoms with Gasteiger partial charge >= 0.3 is 0 Å². The highest BCUT2D eigenvalue weighted by molar-refractivity contribution is 5.27. The van der Waals surface area contributed by atoms with Gasteiger partial charge in [0.1, 0.15) is 5.82 Å². The summed E-state index contributed by atoms with van der Waals surface area (Å²) in [6, 6.07) is 4.65. The molecule has 0 aliphatic carbocycles. The highest BCUT2D eigenvalue weighted by Crippen LogP contribution is 2.21. The third-order valence-corrected chi connectivity index (χ3v) is 2.79. The Morgan fingerprint density at radius 1 is 1.50 bits per heavy atom. The number of aromatic nitrogens is 3. The van der Waals surface area contributed by atoms with Crippen LogP contribution in [-0.2, 0) is 13.5 Å². The van der Waals surface area contributed by atoms with Crippen molar-refractivity contribution in [1.29, 1.82) is 0 Å². The van der Waals surface area contributed by atoms with Crippen molar-refractivity contribution in [2.45, 2.75) is 19.4 Å². The van der Waals surface area contributed by atoms with Crippen molar-refractivity contribution in [2.24, 2.45) is 12.9 Å². The second kappa shape index (κ2) is 5.24. The van der Waals surface area contributed by atoms with Crippen molar-refractivity contribution in [1.82, 2.24) is 20.4 Å². The minimum atomic E-state index is -0.318. The van der Waals surface area contributed by atoms with Gasteiger partial charge in [0.05, 0.1) is 11.7 Å². The van der Waals surface area contributed by atoms with Gasteiger partial charge in [0.15, 0.2) is 0 Å². The number of rotatable bonds is 4. The van der Waals surface area contributed by atoms with E-state index in [2.05, 4.69) is 15.7 Å². The van der Waals surface area contributed by atoms with Crippen LogP contribution in [0.1, 0.15) is 22.9 Å². The molecule has 1 heterocycles. The van der Waals surface area contributed by atoms with Gasteiger partial charge in [-0.05, 0) is 13.0 Å². The summed E-state index contributed by atoms with van der Waals surface area (Å²) in [6.07, 6.45) is 2.28. The molecule has 1 aromatic heterocycles. The third kappa shape index (κ3) is 2.72. The standard InChI is InChI=1S/C12H16FN5/c1-8-3-4-11(13)10(5-8)12(15-14)6-9-7-18(2)17-16-9/h3-5,7,12,15H,6,14H2,1-2H3. The summed E-state index contributed by atoms with van der Waals surface area (Å²) < 4.78 is 15.4. The summed E-state index contributed by atoms with van der Waals surface area (Å²) in [4.78, 5) is 0. The van der Waals surface area contributed by atoms with E-state index in [-0.39, 0.29) is 11.9 Å². The predicted octanol–water partition coefficient (Wildman–Crippen LogP) is 1.01. The quantitative estimate of drug-likeness (QED) is 0.627. The Bertz CT molecular complexity index is 537. The first kappa shape index (κ1) is 12.7. The first-order valence-corrected chi connectivity index (χ1v) is 5.67. The molecule has 5 nitrogen and oxygen atoms in total. The van der Waals surface area contributed by atoms with Crippen molar-refractivity contribution < 1.29 is 4.39 Å². The van der Waals surface area contributed by atoms with Gasteiger partial charge in [0.25, 0.3) is 0 Å². The molecule has 0 saturated heterocycles. The first-order valence-electron chi connectivity index (χ1n) is 5.67. The van der Waals surface area contributed by atoms with Gasteiger partial charge in [0.2, 0.25) is 0 Å². The van der Waals surface area contributed by atoms with E-state index in [4.69, 9.17) is 5.84 Å². The van der Waals surface area contributed by atoms with Crippen molar-refractivity contribution in [2.75, 3.05) is 0 Å². The summed E-state index contributed by atoms with van der Waals surface area (Å²) in [6.45, 7) is 1.92. The van der Waals surface area contributed by atoms with Gasteiger partial charge in [-0.2, -0.15) is 0 Å². The van der Waals surface area contributed by atoms with Crippen LogP contribution in [0.2, 0.25) is 0 Å². The van der Waals surface area contributed by atoms with E-state index in [1.54, 1.807) is 30.1 Å². The molecule has 0 bridgehead atoms. The number of aryl methyl sites for hydroxylation is 2. The second-order valence-electron chi connectivity index (χ2n) is 4.33. The van der Waals surface area contributed by atoms with Gasteiger partial charge in [-0.15, -0.1) is 5.10 Å². The fourth-order valence-electron chi connectivity index (χ4n) is 1.89. The van der Waals surface area contributed by atoms with Crippen molar-refractivity contribution in [3.63, 3.8) is 0 Å². The zero-order valence-corrected chi connectivity index (χ0v) is 10.4. The zero-order chi connectivity index (χ0) is 13.1. The summed E-state index contributed by atoms with van der Waals surface area (Å²) in [5.41, 5.74) is 4.93.